The lowest BCUT2D eigenvalue weighted by atomic mass is 10.1. The van der Waals surface area contributed by atoms with Gasteiger partial charge >= 0.3 is 0 Å². The van der Waals surface area contributed by atoms with Crippen LogP contribution in [0.4, 0.5) is 5.82 Å². The summed E-state index contributed by atoms with van der Waals surface area (Å²) in [6.07, 6.45) is 0.332. The van der Waals surface area contributed by atoms with Crippen molar-refractivity contribution in [1.29, 1.82) is 0 Å². The zero-order valence-electron chi connectivity index (χ0n) is 8.71. The average Bonchev–Trinajstić information content (AvgIpc) is 2.22. The molecule has 0 bridgehead atoms. The fourth-order valence-corrected chi connectivity index (χ4v) is 2.01. The molecule has 1 aromatic carbocycles. The highest BCUT2D eigenvalue weighted by atomic mass is 35.5. The average molecular weight is 270 g/mol. The molecule has 0 amide bonds. The molecular weight excluding hydrogens is 261 g/mol. The first-order chi connectivity index (χ1) is 8.06. The number of nitrogens with two attached hydrogens (primary N) is 1. The van der Waals surface area contributed by atoms with Crippen LogP contribution in [0.1, 0.15) is 11.4 Å². The molecule has 4 nitrogen and oxygen atoms in total. The minimum absolute atomic E-state index is 0.173. The van der Waals surface area contributed by atoms with Crippen LogP contribution < -0.4 is 11.3 Å². The third-order valence-electron chi connectivity index (χ3n) is 2.22. The summed E-state index contributed by atoms with van der Waals surface area (Å²) in [6, 6.07) is 6.43. The van der Waals surface area contributed by atoms with E-state index in [4.69, 9.17) is 28.9 Å². The van der Waals surface area contributed by atoms with Crippen molar-refractivity contribution >= 4 is 29.0 Å². The van der Waals surface area contributed by atoms with Crippen LogP contribution >= 0.6 is 23.2 Å². The molecule has 2 rings (SSSR count). The van der Waals surface area contributed by atoms with Crippen molar-refractivity contribution < 1.29 is 0 Å². The van der Waals surface area contributed by atoms with Gasteiger partial charge < -0.3 is 10.7 Å². The van der Waals surface area contributed by atoms with Gasteiger partial charge in [0, 0.05) is 22.5 Å². The molecule has 0 saturated heterocycles. The summed E-state index contributed by atoms with van der Waals surface area (Å²) in [5.74, 6) is 0.608. The van der Waals surface area contributed by atoms with E-state index in [1.54, 1.807) is 18.2 Å². The lowest BCUT2D eigenvalue weighted by Gasteiger charge is -2.06. The van der Waals surface area contributed by atoms with Gasteiger partial charge in [-0.15, -0.1) is 0 Å². The fraction of sp³-hybridized carbons (Fsp3) is 0.0909. The molecule has 1 heterocycles. The number of nitrogens with one attached hydrogen (secondary N) is 1. The normalized spacial score (nSPS) is 10.5. The minimum Gasteiger partial charge on any atom is -0.383 e. The summed E-state index contributed by atoms with van der Waals surface area (Å²) in [7, 11) is 0. The van der Waals surface area contributed by atoms with E-state index >= 15 is 0 Å². The Kier molecular flexibility index (Phi) is 3.36. The number of nitrogens with zero attached hydrogens (tertiary/aromatic N) is 1. The third-order valence-corrected chi connectivity index (χ3v) is 2.92. The Balaban J connectivity index is 2.41. The Bertz CT molecular complexity index is 590. The number of hydrogen-bond donors (Lipinski definition) is 2. The van der Waals surface area contributed by atoms with E-state index in [0.717, 1.165) is 0 Å². The van der Waals surface area contributed by atoms with Gasteiger partial charge in [-0.1, -0.05) is 29.3 Å². The molecule has 0 atom stereocenters. The van der Waals surface area contributed by atoms with Crippen LogP contribution in [0.2, 0.25) is 10.0 Å². The Morgan fingerprint density at radius 3 is 2.53 bits per heavy atom. The van der Waals surface area contributed by atoms with E-state index in [1.807, 2.05) is 0 Å². The Morgan fingerprint density at radius 1 is 1.29 bits per heavy atom. The molecule has 0 radical (unpaired) electrons. The summed E-state index contributed by atoms with van der Waals surface area (Å²) in [4.78, 5) is 17.8. The number of aromatic amines is 1. The first kappa shape index (κ1) is 12.0. The largest absolute Gasteiger partial charge is 0.383 e. The number of anilines is 1. The van der Waals surface area contributed by atoms with Crippen LogP contribution in [0.25, 0.3) is 0 Å². The Hall–Kier alpha value is -1.52. The van der Waals surface area contributed by atoms with Gasteiger partial charge in [0.15, 0.2) is 0 Å². The monoisotopic (exact) mass is 269 g/mol. The third kappa shape index (κ3) is 2.78. The number of rotatable bonds is 2. The number of H-pyrrole nitrogens is 1. The van der Waals surface area contributed by atoms with Crippen LogP contribution in [0.3, 0.4) is 0 Å². The van der Waals surface area contributed by atoms with Crippen molar-refractivity contribution in [1.82, 2.24) is 9.97 Å². The summed E-state index contributed by atoms with van der Waals surface area (Å²) in [5, 5.41) is 1.06. The fourth-order valence-electron chi connectivity index (χ4n) is 1.48. The van der Waals surface area contributed by atoms with E-state index in [1.165, 1.54) is 6.07 Å². The molecule has 6 heteroatoms. The van der Waals surface area contributed by atoms with Gasteiger partial charge in [-0.05, 0) is 17.7 Å². The maximum Gasteiger partial charge on any atom is 0.252 e. The number of hydrogen-bond acceptors (Lipinski definition) is 3. The van der Waals surface area contributed by atoms with Crippen molar-refractivity contribution in [2.75, 3.05) is 5.73 Å². The molecule has 2 aromatic rings. The molecule has 17 heavy (non-hydrogen) atoms. The zero-order valence-corrected chi connectivity index (χ0v) is 10.2. The lowest BCUT2D eigenvalue weighted by Crippen LogP contribution is -2.12. The van der Waals surface area contributed by atoms with Gasteiger partial charge in [-0.3, -0.25) is 4.79 Å². The number of benzene rings is 1. The number of aromatic nitrogens is 2. The van der Waals surface area contributed by atoms with E-state index in [-0.39, 0.29) is 11.4 Å². The maximum atomic E-state index is 11.2. The molecular formula is C11H9Cl2N3O. The quantitative estimate of drug-likeness (QED) is 0.879. The van der Waals surface area contributed by atoms with Crippen LogP contribution in [0.5, 0.6) is 0 Å². The molecule has 0 spiro atoms. The molecule has 0 unspecified atom stereocenters. The van der Waals surface area contributed by atoms with Gasteiger partial charge in [0.05, 0.1) is 0 Å². The van der Waals surface area contributed by atoms with Crippen molar-refractivity contribution in [3.8, 4) is 0 Å². The van der Waals surface area contributed by atoms with Gasteiger partial charge in [0.2, 0.25) is 0 Å². The maximum absolute atomic E-state index is 11.2. The van der Waals surface area contributed by atoms with Crippen molar-refractivity contribution in [3.05, 3.63) is 56.1 Å². The highest BCUT2D eigenvalue weighted by molar-refractivity contribution is 6.36. The molecule has 0 saturated carbocycles. The smallest absolute Gasteiger partial charge is 0.252 e. The first-order valence-electron chi connectivity index (χ1n) is 4.85. The topological polar surface area (TPSA) is 71.8 Å². The molecule has 0 aliphatic rings. The summed E-state index contributed by atoms with van der Waals surface area (Å²) < 4.78 is 0. The highest BCUT2D eigenvalue weighted by Crippen LogP contribution is 2.25. The molecule has 88 valence electrons. The summed E-state index contributed by atoms with van der Waals surface area (Å²) in [6.45, 7) is 0. The second kappa shape index (κ2) is 4.77. The van der Waals surface area contributed by atoms with Crippen molar-refractivity contribution in [2.45, 2.75) is 6.42 Å². The standard InChI is InChI=1S/C11H9Cl2N3O/c12-7-2-1-3-8(13)6(7)4-10-15-9(14)5-11(17)16-10/h1-3,5H,4H2,(H3,14,15,16,17). The molecule has 0 aliphatic heterocycles. The highest BCUT2D eigenvalue weighted by Gasteiger charge is 2.08. The van der Waals surface area contributed by atoms with Crippen molar-refractivity contribution in [3.63, 3.8) is 0 Å². The van der Waals surface area contributed by atoms with Gasteiger partial charge in [0.1, 0.15) is 11.6 Å². The van der Waals surface area contributed by atoms with Crippen LogP contribution in [-0.4, -0.2) is 9.97 Å². The second-order valence-corrected chi connectivity index (χ2v) is 4.31. The first-order valence-corrected chi connectivity index (χ1v) is 5.60. The second-order valence-electron chi connectivity index (χ2n) is 3.49. The SMILES string of the molecule is Nc1cc(=O)[nH]c(Cc2c(Cl)cccc2Cl)n1. The molecule has 3 N–H and O–H groups in total. The summed E-state index contributed by atoms with van der Waals surface area (Å²) in [5.41, 5.74) is 5.91. The van der Waals surface area contributed by atoms with E-state index in [0.29, 0.717) is 27.9 Å². The zero-order chi connectivity index (χ0) is 12.4. The predicted octanol–water partition coefficient (Wildman–Crippen LogP) is 2.25. The van der Waals surface area contributed by atoms with E-state index in [2.05, 4.69) is 9.97 Å². The van der Waals surface area contributed by atoms with Crippen LogP contribution in [-0.2, 0) is 6.42 Å². The van der Waals surface area contributed by atoms with Gasteiger partial charge in [-0.25, -0.2) is 4.98 Å². The van der Waals surface area contributed by atoms with E-state index < -0.39 is 0 Å². The van der Waals surface area contributed by atoms with Crippen LogP contribution in [0, 0.1) is 0 Å². The Morgan fingerprint density at radius 2 is 1.94 bits per heavy atom. The molecule has 0 aliphatic carbocycles. The Labute approximate surface area is 107 Å². The van der Waals surface area contributed by atoms with Gasteiger partial charge in [-0.2, -0.15) is 0 Å². The van der Waals surface area contributed by atoms with E-state index in [9.17, 15) is 4.79 Å². The minimum atomic E-state index is -0.296. The molecule has 0 fully saturated rings. The molecule has 1 aromatic heterocycles. The summed E-state index contributed by atoms with van der Waals surface area (Å²) >= 11 is 12.0. The predicted molar refractivity (Wildman–Crippen MR) is 68.5 cm³/mol. The lowest BCUT2D eigenvalue weighted by molar-refractivity contribution is 0.952. The van der Waals surface area contributed by atoms with Gasteiger partial charge in [0.25, 0.3) is 5.56 Å². The number of halogens is 2. The number of nitrogen functional groups attached to an aromatic ring is 1. The van der Waals surface area contributed by atoms with Crippen LogP contribution in [0.15, 0.2) is 29.1 Å². The van der Waals surface area contributed by atoms with Crippen molar-refractivity contribution in [2.24, 2.45) is 0 Å².